The quantitative estimate of drug-likeness (QED) is 0.881. The first-order valence-corrected chi connectivity index (χ1v) is 7.81. The number of fused-ring (bicyclic) bond motifs is 1. The van der Waals surface area contributed by atoms with Crippen molar-refractivity contribution >= 4 is 16.9 Å². The molecule has 1 saturated carbocycles. The Kier molecular flexibility index (Phi) is 4.43. The molecule has 0 spiro atoms. The second-order valence-electron chi connectivity index (χ2n) is 5.78. The van der Waals surface area contributed by atoms with Crippen LogP contribution in [0.2, 0.25) is 0 Å². The summed E-state index contributed by atoms with van der Waals surface area (Å²) in [6.45, 7) is 0. The van der Waals surface area contributed by atoms with Crippen LogP contribution in [0.25, 0.3) is 11.0 Å². The Bertz CT molecular complexity index is 618. The Labute approximate surface area is 125 Å². The third-order valence-corrected chi connectivity index (χ3v) is 4.06. The lowest BCUT2D eigenvalue weighted by Gasteiger charge is -2.15. The summed E-state index contributed by atoms with van der Waals surface area (Å²) in [7, 11) is 0. The summed E-state index contributed by atoms with van der Waals surface area (Å²) >= 11 is 0. The molecule has 4 nitrogen and oxygen atoms in total. The number of carbonyl (C=O) groups excluding carboxylic acids is 1. The van der Waals surface area contributed by atoms with E-state index in [0.717, 1.165) is 29.6 Å². The van der Waals surface area contributed by atoms with Crippen LogP contribution >= 0.6 is 0 Å². The molecule has 1 amide bonds. The molecule has 110 valence electrons. The number of carbonyl (C=O) groups is 1. The van der Waals surface area contributed by atoms with Gasteiger partial charge in [-0.25, -0.2) is 4.98 Å². The fraction of sp³-hybridized carbons (Fsp3) is 0.471. The zero-order valence-electron chi connectivity index (χ0n) is 12.2. The van der Waals surface area contributed by atoms with Gasteiger partial charge in [0.15, 0.2) is 0 Å². The normalized spacial score (nSPS) is 16.6. The zero-order chi connectivity index (χ0) is 14.5. The molecule has 21 heavy (non-hydrogen) atoms. The van der Waals surface area contributed by atoms with Gasteiger partial charge in [-0.15, -0.1) is 0 Å². The Hall–Kier alpha value is -1.97. The molecule has 1 fully saturated rings. The topological polar surface area (TPSA) is 54.9 Å². The molecule has 1 aliphatic rings. The minimum absolute atomic E-state index is 0.0616. The molecule has 0 bridgehead atoms. The van der Waals surface area contributed by atoms with Crippen molar-refractivity contribution in [2.75, 3.05) is 0 Å². The van der Waals surface area contributed by atoms with Gasteiger partial charge in [-0.2, -0.15) is 0 Å². The van der Waals surface area contributed by atoms with Gasteiger partial charge in [0.1, 0.15) is 0 Å². The van der Waals surface area contributed by atoms with Crippen LogP contribution < -0.4 is 5.32 Å². The highest BCUT2D eigenvalue weighted by molar-refractivity contribution is 5.79. The van der Waals surface area contributed by atoms with Gasteiger partial charge in [0.2, 0.25) is 5.91 Å². The molecule has 2 aromatic rings. The van der Waals surface area contributed by atoms with E-state index in [0.29, 0.717) is 12.5 Å². The van der Waals surface area contributed by atoms with Crippen molar-refractivity contribution in [1.29, 1.82) is 0 Å². The number of para-hydroxylation sites is 2. The van der Waals surface area contributed by atoms with E-state index in [1.54, 1.807) is 6.20 Å². The van der Waals surface area contributed by atoms with Gasteiger partial charge in [-0.05, 0) is 25.0 Å². The molecule has 1 aliphatic carbocycles. The maximum Gasteiger partial charge on any atom is 0.226 e. The van der Waals surface area contributed by atoms with E-state index in [1.165, 1.54) is 25.7 Å². The number of hydrogen-bond acceptors (Lipinski definition) is 3. The highest BCUT2D eigenvalue weighted by Crippen LogP contribution is 2.17. The van der Waals surface area contributed by atoms with Gasteiger partial charge >= 0.3 is 0 Å². The Balaban J connectivity index is 1.62. The van der Waals surface area contributed by atoms with Crippen LogP contribution in [0.5, 0.6) is 0 Å². The Morgan fingerprint density at radius 3 is 2.57 bits per heavy atom. The van der Waals surface area contributed by atoms with Crippen LogP contribution in [0, 0.1) is 0 Å². The van der Waals surface area contributed by atoms with Crippen LogP contribution in [0.15, 0.2) is 30.5 Å². The average Bonchev–Trinajstić information content (AvgIpc) is 2.75. The van der Waals surface area contributed by atoms with Crippen molar-refractivity contribution in [3.8, 4) is 0 Å². The molecule has 1 N–H and O–H groups in total. The number of rotatable bonds is 3. The lowest BCUT2D eigenvalue weighted by Crippen LogP contribution is -2.35. The first kappa shape index (κ1) is 14.0. The molecular formula is C17H21N3O. The molecule has 0 atom stereocenters. The molecule has 1 heterocycles. The number of aromatic nitrogens is 2. The highest BCUT2D eigenvalue weighted by atomic mass is 16.1. The summed E-state index contributed by atoms with van der Waals surface area (Å²) in [5.74, 6) is 0.0616. The second kappa shape index (κ2) is 6.66. The van der Waals surface area contributed by atoms with E-state index in [1.807, 2.05) is 24.3 Å². The fourth-order valence-electron chi connectivity index (χ4n) is 2.95. The molecular weight excluding hydrogens is 262 g/mol. The predicted molar refractivity (Wildman–Crippen MR) is 82.9 cm³/mol. The van der Waals surface area contributed by atoms with Gasteiger partial charge < -0.3 is 5.32 Å². The third kappa shape index (κ3) is 3.78. The van der Waals surface area contributed by atoms with E-state index in [9.17, 15) is 4.79 Å². The van der Waals surface area contributed by atoms with Gasteiger partial charge in [0.05, 0.1) is 23.1 Å². The fourth-order valence-corrected chi connectivity index (χ4v) is 2.95. The third-order valence-electron chi connectivity index (χ3n) is 4.06. The summed E-state index contributed by atoms with van der Waals surface area (Å²) in [4.78, 5) is 21.0. The van der Waals surface area contributed by atoms with Crippen LogP contribution in [-0.2, 0) is 11.2 Å². The number of hydrogen-bond donors (Lipinski definition) is 1. The summed E-state index contributed by atoms with van der Waals surface area (Å²) in [5.41, 5.74) is 2.45. The van der Waals surface area contributed by atoms with E-state index in [2.05, 4.69) is 15.3 Å². The molecule has 1 aromatic heterocycles. The maximum absolute atomic E-state index is 12.2. The minimum atomic E-state index is 0.0616. The average molecular weight is 283 g/mol. The molecule has 1 aromatic carbocycles. The van der Waals surface area contributed by atoms with Crippen LogP contribution in [0.1, 0.15) is 44.2 Å². The van der Waals surface area contributed by atoms with Crippen LogP contribution in [0.3, 0.4) is 0 Å². The minimum Gasteiger partial charge on any atom is -0.353 e. The van der Waals surface area contributed by atoms with Crippen molar-refractivity contribution in [1.82, 2.24) is 15.3 Å². The number of nitrogens with one attached hydrogen (secondary N) is 1. The lowest BCUT2D eigenvalue weighted by molar-refractivity contribution is -0.121. The molecule has 0 saturated heterocycles. The van der Waals surface area contributed by atoms with E-state index >= 15 is 0 Å². The van der Waals surface area contributed by atoms with Crippen molar-refractivity contribution in [3.63, 3.8) is 0 Å². The maximum atomic E-state index is 12.2. The summed E-state index contributed by atoms with van der Waals surface area (Å²) < 4.78 is 0. The second-order valence-corrected chi connectivity index (χ2v) is 5.78. The smallest absolute Gasteiger partial charge is 0.226 e. The predicted octanol–water partition coefficient (Wildman–Crippen LogP) is 3.01. The monoisotopic (exact) mass is 283 g/mol. The molecule has 0 aliphatic heterocycles. The molecule has 3 rings (SSSR count). The van der Waals surface area contributed by atoms with Crippen LogP contribution in [0.4, 0.5) is 0 Å². The van der Waals surface area contributed by atoms with Crippen molar-refractivity contribution in [3.05, 3.63) is 36.2 Å². The number of amides is 1. The van der Waals surface area contributed by atoms with Gasteiger partial charge in [-0.3, -0.25) is 9.78 Å². The van der Waals surface area contributed by atoms with Gasteiger partial charge in [0.25, 0.3) is 0 Å². The Morgan fingerprint density at radius 2 is 1.81 bits per heavy atom. The summed E-state index contributed by atoms with van der Waals surface area (Å²) in [6, 6.07) is 8.07. The highest BCUT2D eigenvalue weighted by Gasteiger charge is 2.15. The lowest BCUT2D eigenvalue weighted by atomic mass is 10.1. The van der Waals surface area contributed by atoms with Gasteiger partial charge in [-0.1, -0.05) is 37.8 Å². The summed E-state index contributed by atoms with van der Waals surface area (Å²) in [5, 5.41) is 3.15. The largest absolute Gasteiger partial charge is 0.353 e. The first-order valence-electron chi connectivity index (χ1n) is 7.81. The van der Waals surface area contributed by atoms with E-state index in [-0.39, 0.29) is 5.91 Å². The van der Waals surface area contributed by atoms with Gasteiger partial charge in [0, 0.05) is 12.2 Å². The molecule has 4 heteroatoms. The van der Waals surface area contributed by atoms with Crippen molar-refractivity contribution < 1.29 is 4.79 Å². The molecule has 0 radical (unpaired) electrons. The SMILES string of the molecule is O=C(Cc1cnc2ccccc2n1)NC1CCCCCC1. The standard InChI is InChI=1S/C17H21N3O/c21-17(20-13-7-3-1-2-4-8-13)11-14-12-18-15-9-5-6-10-16(15)19-14/h5-6,9-10,12-13H,1-4,7-8,11H2,(H,20,21). The summed E-state index contributed by atoms with van der Waals surface area (Å²) in [6.07, 6.45) is 9.26. The molecule has 0 unspecified atom stereocenters. The van der Waals surface area contributed by atoms with Crippen molar-refractivity contribution in [2.45, 2.75) is 51.0 Å². The number of benzene rings is 1. The van der Waals surface area contributed by atoms with E-state index in [4.69, 9.17) is 0 Å². The van der Waals surface area contributed by atoms with E-state index < -0.39 is 0 Å². The first-order chi connectivity index (χ1) is 10.3. The zero-order valence-corrected chi connectivity index (χ0v) is 12.2. The van der Waals surface area contributed by atoms with Crippen molar-refractivity contribution in [2.24, 2.45) is 0 Å². The van der Waals surface area contributed by atoms with Crippen LogP contribution in [-0.4, -0.2) is 21.9 Å². The number of nitrogens with zero attached hydrogens (tertiary/aromatic N) is 2. The Morgan fingerprint density at radius 1 is 1.10 bits per heavy atom.